The summed E-state index contributed by atoms with van der Waals surface area (Å²) < 4.78 is 12.4. The number of hydrogen-bond acceptors (Lipinski definition) is 6. The molecule has 3 aromatic carbocycles. The maximum Gasteiger partial charge on any atom is 0.241 e. The van der Waals surface area contributed by atoms with Crippen molar-refractivity contribution >= 4 is 27.5 Å². The van der Waals surface area contributed by atoms with E-state index in [1.165, 1.54) is 5.56 Å². The molecule has 37 heavy (non-hydrogen) atoms. The molecule has 1 saturated heterocycles. The van der Waals surface area contributed by atoms with Crippen molar-refractivity contribution in [3.8, 4) is 17.1 Å². The number of likely N-dealkylation sites (tertiary alicyclic amines) is 1. The number of aromatic nitrogens is 2. The lowest BCUT2D eigenvalue weighted by Gasteiger charge is -2.30. The Kier molecular flexibility index (Phi) is 8.28. The minimum Gasteiger partial charge on any atom is -0.493 e. The van der Waals surface area contributed by atoms with Crippen LogP contribution in [-0.4, -0.2) is 40.6 Å². The van der Waals surface area contributed by atoms with Gasteiger partial charge in [-0.15, -0.1) is 0 Å². The zero-order chi connectivity index (χ0) is 25.5. The molecular weight excluding hydrogens is 532 g/mol. The van der Waals surface area contributed by atoms with Gasteiger partial charge in [0.25, 0.3) is 0 Å². The van der Waals surface area contributed by atoms with Crippen LogP contribution in [0.25, 0.3) is 11.4 Å². The number of rotatable bonds is 9. The van der Waals surface area contributed by atoms with Gasteiger partial charge in [-0.1, -0.05) is 57.5 Å². The highest BCUT2D eigenvalue weighted by Gasteiger charge is 2.26. The van der Waals surface area contributed by atoms with E-state index in [-0.39, 0.29) is 11.8 Å². The molecule has 8 heteroatoms. The maximum atomic E-state index is 12.9. The number of benzene rings is 3. The molecule has 1 aromatic heterocycles. The molecule has 1 amide bonds. The van der Waals surface area contributed by atoms with Crippen LogP contribution in [0.1, 0.15) is 24.3 Å². The Labute approximate surface area is 225 Å². The van der Waals surface area contributed by atoms with Crippen molar-refractivity contribution in [3.05, 3.63) is 94.8 Å². The van der Waals surface area contributed by atoms with Crippen LogP contribution in [0.2, 0.25) is 0 Å². The number of ether oxygens (including phenoxy) is 1. The summed E-state index contributed by atoms with van der Waals surface area (Å²) in [5, 5.41) is 7.18. The molecule has 0 spiro atoms. The van der Waals surface area contributed by atoms with Crippen molar-refractivity contribution in [2.24, 2.45) is 5.92 Å². The highest BCUT2D eigenvalue weighted by Crippen LogP contribution is 2.24. The zero-order valence-corrected chi connectivity index (χ0v) is 22.1. The first kappa shape index (κ1) is 25.2. The first-order valence-electron chi connectivity index (χ1n) is 12.5. The molecule has 0 saturated carbocycles. The Morgan fingerprint density at radius 1 is 1.03 bits per heavy atom. The molecule has 0 radical (unpaired) electrons. The van der Waals surface area contributed by atoms with Crippen molar-refractivity contribution in [1.82, 2.24) is 15.0 Å². The summed E-state index contributed by atoms with van der Waals surface area (Å²) in [6.45, 7) is 2.78. The number of carbonyl (C=O) groups excluding carboxylic acids is 1. The van der Waals surface area contributed by atoms with Crippen molar-refractivity contribution in [3.63, 3.8) is 0 Å². The molecule has 2 heterocycles. The standard InChI is InChI=1S/C29H29BrN4O3/c30-24-11-9-22(10-12-24)28-32-27(37-33-28)20-34-16-13-23(14-17-34)29(35)31-25-7-4-8-26(19-25)36-18-15-21-5-2-1-3-6-21/h1-12,19,23H,13-18,20H2,(H,31,35). The second-order valence-corrected chi connectivity index (χ2v) is 10.1. The highest BCUT2D eigenvalue weighted by molar-refractivity contribution is 9.10. The van der Waals surface area contributed by atoms with Crippen LogP contribution in [0.4, 0.5) is 5.69 Å². The third-order valence-electron chi connectivity index (χ3n) is 6.49. The first-order valence-corrected chi connectivity index (χ1v) is 13.3. The average Bonchev–Trinajstić information content (AvgIpc) is 3.39. The number of amides is 1. The summed E-state index contributed by atoms with van der Waals surface area (Å²) in [4.78, 5) is 19.7. The molecule has 0 aliphatic carbocycles. The molecule has 0 atom stereocenters. The van der Waals surface area contributed by atoms with Crippen LogP contribution >= 0.6 is 15.9 Å². The van der Waals surface area contributed by atoms with Gasteiger partial charge >= 0.3 is 0 Å². The average molecular weight is 561 g/mol. The lowest BCUT2D eigenvalue weighted by Crippen LogP contribution is -2.37. The number of halogens is 1. The Morgan fingerprint density at radius 3 is 2.59 bits per heavy atom. The smallest absolute Gasteiger partial charge is 0.241 e. The fourth-order valence-corrected chi connectivity index (χ4v) is 4.68. The summed E-state index contributed by atoms with van der Waals surface area (Å²) in [6.07, 6.45) is 2.41. The molecule has 5 rings (SSSR count). The van der Waals surface area contributed by atoms with Gasteiger partial charge in [0.2, 0.25) is 17.6 Å². The molecule has 190 valence electrons. The molecule has 0 unspecified atom stereocenters. The fraction of sp³-hybridized carbons (Fsp3) is 0.276. The molecule has 7 nitrogen and oxygen atoms in total. The van der Waals surface area contributed by atoms with Crippen LogP contribution in [0.15, 0.2) is 87.9 Å². The quantitative estimate of drug-likeness (QED) is 0.271. The highest BCUT2D eigenvalue weighted by atomic mass is 79.9. The van der Waals surface area contributed by atoms with Crippen LogP contribution in [-0.2, 0) is 17.8 Å². The minimum absolute atomic E-state index is 0.0279. The molecule has 1 aliphatic rings. The number of nitrogens with zero attached hydrogens (tertiary/aromatic N) is 3. The van der Waals surface area contributed by atoms with Gasteiger partial charge in [-0.2, -0.15) is 4.98 Å². The van der Waals surface area contributed by atoms with E-state index in [1.54, 1.807) is 0 Å². The van der Waals surface area contributed by atoms with E-state index >= 15 is 0 Å². The van der Waals surface area contributed by atoms with Gasteiger partial charge < -0.3 is 14.6 Å². The van der Waals surface area contributed by atoms with Crippen LogP contribution in [0.5, 0.6) is 5.75 Å². The largest absolute Gasteiger partial charge is 0.493 e. The van der Waals surface area contributed by atoms with Gasteiger partial charge in [-0.3, -0.25) is 9.69 Å². The van der Waals surface area contributed by atoms with E-state index in [9.17, 15) is 4.79 Å². The maximum absolute atomic E-state index is 12.9. The SMILES string of the molecule is O=C(Nc1cccc(OCCc2ccccc2)c1)C1CCN(Cc2nc(-c3ccc(Br)cc3)no2)CC1. The van der Waals surface area contributed by atoms with Crippen molar-refractivity contribution in [2.45, 2.75) is 25.8 Å². The molecule has 4 aromatic rings. The second kappa shape index (κ2) is 12.2. The number of piperidine rings is 1. The lowest BCUT2D eigenvalue weighted by atomic mass is 9.96. The van der Waals surface area contributed by atoms with Crippen LogP contribution < -0.4 is 10.1 Å². The molecular formula is C29H29BrN4O3. The van der Waals surface area contributed by atoms with Crippen LogP contribution in [0, 0.1) is 5.92 Å². The number of anilines is 1. The lowest BCUT2D eigenvalue weighted by molar-refractivity contribution is -0.121. The predicted octanol–water partition coefficient (Wildman–Crippen LogP) is 5.97. The van der Waals surface area contributed by atoms with E-state index in [2.05, 4.69) is 48.4 Å². The summed E-state index contributed by atoms with van der Waals surface area (Å²) in [5.74, 6) is 1.95. The van der Waals surface area contributed by atoms with E-state index < -0.39 is 0 Å². The zero-order valence-electron chi connectivity index (χ0n) is 20.5. The Bertz CT molecular complexity index is 1300. The van der Waals surface area contributed by atoms with Gasteiger partial charge in [0.1, 0.15) is 5.75 Å². The Hall–Kier alpha value is -3.49. The normalized spacial score (nSPS) is 14.4. The third-order valence-corrected chi connectivity index (χ3v) is 7.02. The topological polar surface area (TPSA) is 80.5 Å². The predicted molar refractivity (Wildman–Crippen MR) is 146 cm³/mol. The van der Waals surface area contributed by atoms with Crippen molar-refractivity contribution in [2.75, 3.05) is 25.0 Å². The van der Waals surface area contributed by atoms with Crippen LogP contribution in [0.3, 0.4) is 0 Å². The molecule has 1 N–H and O–H groups in total. The molecule has 1 aliphatic heterocycles. The Balaban J connectivity index is 1.07. The summed E-state index contributed by atoms with van der Waals surface area (Å²) in [7, 11) is 0. The van der Waals surface area contributed by atoms with E-state index in [0.717, 1.165) is 53.8 Å². The summed E-state index contributed by atoms with van der Waals surface area (Å²) in [5.41, 5.74) is 2.91. The first-order chi connectivity index (χ1) is 18.1. The van der Waals surface area contributed by atoms with E-state index in [4.69, 9.17) is 9.26 Å². The molecule has 1 fully saturated rings. The summed E-state index contributed by atoms with van der Waals surface area (Å²) in [6, 6.07) is 25.7. The van der Waals surface area contributed by atoms with Gasteiger partial charge in [0, 0.05) is 34.1 Å². The van der Waals surface area contributed by atoms with Gasteiger partial charge in [0.15, 0.2) is 0 Å². The molecule has 0 bridgehead atoms. The van der Waals surface area contributed by atoms with Gasteiger partial charge in [-0.25, -0.2) is 0 Å². The number of carbonyl (C=O) groups is 1. The summed E-state index contributed by atoms with van der Waals surface area (Å²) >= 11 is 3.44. The second-order valence-electron chi connectivity index (χ2n) is 9.17. The van der Waals surface area contributed by atoms with Crippen molar-refractivity contribution in [1.29, 1.82) is 0 Å². The fourth-order valence-electron chi connectivity index (χ4n) is 4.42. The monoisotopic (exact) mass is 560 g/mol. The third kappa shape index (κ3) is 7.05. The van der Waals surface area contributed by atoms with Gasteiger partial charge in [0.05, 0.1) is 13.2 Å². The number of nitrogens with one attached hydrogen (secondary N) is 1. The van der Waals surface area contributed by atoms with Crippen molar-refractivity contribution < 1.29 is 14.1 Å². The Morgan fingerprint density at radius 2 is 1.81 bits per heavy atom. The van der Waals surface area contributed by atoms with E-state index in [1.807, 2.05) is 66.7 Å². The minimum atomic E-state index is -0.0279. The number of hydrogen-bond donors (Lipinski definition) is 1. The van der Waals surface area contributed by atoms with E-state index in [0.29, 0.717) is 24.9 Å². The van der Waals surface area contributed by atoms with Gasteiger partial charge in [-0.05, 0) is 67.9 Å².